The first-order valence-corrected chi connectivity index (χ1v) is 10.5. The molecule has 4 rings (SSSR count). The summed E-state index contributed by atoms with van der Waals surface area (Å²) in [5, 5.41) is 20.2. The Labute approximate surface area is 194 Å². The van der Waals surface area contributed by atoms with Gasteiger partial charge in [-0.15, -0.1) is 0 Å². The first kappa shape index (κ1) is 22.7. The summed E-state index contributed by atoms with van der Waals surface area (Å²) in [5.41, 5.74) is 0.235. The van der Waals surface area contributed by atoms with Gasteiger partial charge in [-0.05, 0) is 31.0 Å². The zero-order valence-corrected chi connectivity index (χ0v) is 18.3. The fourth-order valence-corrected chi connectivity index (χ4v) is 4.00. The van der Waals surface area contributed by atoms with Crippen molar-refractivity contribution in [3.63, 3.8) is 0 Å². The molecule has 0 aliphatic carbocycles. The van der Waals surface area contributed by atoms with Crippen LogP contribution in [0.3, 0.4) is 0 Å². The number of anilines is 1. The van der Waals surface area contributed by atoms with E-state index in [1.165, 1.54) is 41.4 Å². The molecule has 2 aromatic heterocycles. The second kappa shape index (κ2) is 9.53. The number of likely N-dealkylation sites (tertiary alicyclic amines) is 1. The SMILES string of the molecule is CN(c1ncnc2c1ccn2C(=O)Oc1ccc([N+](=O)[O-])cc1)[C@@H]1CCCN(C(=O)CC#N)C1. The predicted molar refractivity (Wildman–Crippen MR) is 120 cm³/mol. The van der Waals surface area contributed by atoms with Crippen molar-refractivity contribution in [3.05, 3.63) is 53.0 Å². The van der Waals surface area contributed by atoms with Crippen LogP contribution in [0.25, 0.3) is 11.0 Å². The Balaban J connectivity index is 1.54. The van der Waals surface area contributed by atoms with Crippen LogP contribution in [0.2, 0.25) is 0 Å². The van der Waals surface area contributed by atoms with E-state index in [4.69, 9.17) is 10.00 Å². The lowest BCUT2D eigenvalue weighted by Gasteiger charge is -2.38. The zero-order valence-electron chi connectivity index (χ0n) is 18.3. The molecule has 1 aromatic carbocycles. The molecule has 0 N–H and O–H groups in total. The van der Waals surface area contributed by atoms with Crippen LogP contribution in [0.4, 0.5) is 16.3 Å². The summed E-state index contributed by atoms with van der Waals surface area (Å²) < 4.78 is 6.57. The summed E-state index contributed by atoms with van der Waals surface area (Å²) in [6, 6.07) is 8.79. The van der Waals surface area contributed by atoms with Crippen LogP contribution in [0.5, 0.6) is 5.75 Å². The molecule has 3 aromatic rings. The molecule has 174 valence electrons. The molecule has 1 atom stereocenters. The van der Waals surface area contributed by atoms with Crippen LogP contribution in [0, 0.1) is 21.4 Å². The lowest BCUT2D eigenvalue weighted by atomic mass is 10.0. The van der Waals surface area contributed by atoms with Crippen molar-refractivity contribution in [1.82, 2.24) is 19.4 Å². The first-order valence-electron chi connectivity index (χ1n) is 10.5. The number of nitrogens with zero attached hydrogens (tertiary/aromatic N) is 7. The number of nitro benzene ring substituents is 1. The van der Waals surface area contributed by atoms with Crippen molar-refractivity contribution in [2.45, 2.75) is 25.3 Å². The maximum absolute atomic E-state index is 12.7. The normalized spacial score (nSPS) is 15.5. The third-order valence-corrected chi connectivity index (χ3v) is 5.77. The van der Waals surface area contributed by atoms with E-state index in [-0.39, 0.29) is 29.8 Å². The molecule has 1 amide bonds. The number of amides is 1. The van der Waals surface area contributed by atoms with Gasteiger partial charge in [0.05, 0.1) is 16.4 Å². The van der Waals surface area contributed by atoms with Gasteiger partial charge in [-0.1, -0.05) is 0 Å². The molecule has 3 heterocycles. The zero-order chi connectivity index (χ0) is 24.2. The molecule has 0 unspecified atom stereocenters. The lowest BCUT2D eigenvalue weighted by Crippen LogP contribution is -2.49. The lowest BCUT2D eigenvalue weighted by molar-refractivity contribution is -0.384. The van der Waals surface area contributed by atoms with E-state index in [2.05, 4.69) is 9.97 Å². The van der Waals surface area contributed by atoms with E-state index < -0.39 is 11.0 Å². The van der Waals surface area contributed by atoms with Gasteiger partial charge in [0.2, 0.25) is 5.91 Å². The summed E-state index contributed by atoms with van der Waals surface area (Å²) in [4.78, 5) is 47.4. The minimum absolute atomic E-state index is 0.00935. The number of benzene rings is 1. The van der Waals surface area contributed by atoms with Gasteiger partial charge < -0.3 is 14.5 Å². The fraction of sp³-hybridized carbons (Fsp3) is 0.318. The number of nitro groups is 1. The Kier molecular flexibility index (Phi) is 6.35. The minimum atomic E-state index is -0.720. The number of fused-ring (bicyclic) bond motifs is 1. The van der Waals surface area contributed by atoms with E-state index >= 15 is 0 Å². The molecule has 0 radical (unpaired) electrons. The largest absolute Gasteiger partial charge is 0.425 e. The monoisotopic (exact) mass is 463 g/mol. The van der Waals surface area contributed by atoms with Crippen molar-refractivity contribution in [2.75, 3.05) is 25.0 Å². The number of aromatic nitrogens is 3. The summed E-state index contributed by atoms with van der Waals surface area (Å²) in [6.07, 6.45) is 3.67. The molecule has 12 nitrogen and oxygen atoms in total. The van der Waals surface area contributed by atoms with Crippen LogP contribution in [-0.4, -0.2) is 62.5 Å². The molecule has 0 saturated carbocycles. The van der Waals surface area contributed by atoms with Crippen molar-refractivity contribution >= 4 is 34.5 Å². The average Bonchev–Trinajstić information content (AvgIpc) is 3.29. The molecule has 0 spiro atoms. The number of piperidine rings is 1. The van der Waals surface area contributed by atoms with E-state index in [1.54, 1.807) is 11.0 Å². The van der Waals surface area contributed by atoms with E-state index in [0.29, 0.717) is 29.9 Å². The number of carbonyl (C=O) groups excluding carboxylic acids is 2. The Morgan fingerprint density at radius 2 is 2.06 bits per heavy atom. The van der Waals surface area contributed by atoms with Gasteiger partial charge in [0.15, 0.2) is 5.65 Å². The highest BCUT2D eigenvalue weighted by Gasteiger charge is 2.28. The van der Waals surface area contributed by atoms with Gasteiger partial charge in [0, 0.05) is 44.5 Å². The summed E-state index contributed by atoms with van der Waals surface area (Å²) in [6.45, 7) is 1.10. The van der Waals surface area contributed by atoms with E-state index in [0.717, 1.165) is 12.8 Å². The van der Waals surface area contributed by atoms with E-state index in [9.17, 15) is 19.7 Å². The number of rotatable bonds is 5. The topological polar surface area (TPSA) is 147 Å². The van der Waals surface area contributed by atoms with Gasteiger partial charge in [0.1, 0.15) is 24.3 Å². The van der Waals surface area contributed by atoms with Gasteiger partial charge in [-0.3, -0.25) is 14.9 Å². The Bertz CT molecular complexity index is 1280. The van der Waals surface area contributed by atoms with Crippen LogP contribution in [0.1, 0.15) is 19.3 Å². The predicted octanol–water partition coefficient (Wildman–Crippen LogP) is 2.73. The molecule has 34 heavy (non-hydrogen) atoms. The van der Waals surface area contributed by atoms with Gasteiger partial charge >= 0.3 is 6.09 Å². The number of carbonyl (C=O) groups is 2. The molecule has 1 saturated heterocycles. The summed E-state index contributed by atoms with van der Waals surface area (Å²) in [7, 11) is 1.87. The number of ether oxygens (including phenoxy) is 1. The minimum Gasteiger partial charge on any atom is -0.410 e. The van der Waals surface area contributed by atoms with Crippen LogP contribution >= 0.6 is 0 Å². The number of hydrogen-bond acceptors (Lipinski definition) is 9. The number of nitriles is 1. The third kappa shape index (κ3) is 4.49. The molecule has 1 fully saturated rings. The average molecular weight is 463 g/mol. The molecule has 12 heteroatoms. The first-order chi connectivity index (χ1) is 16.4. The van der Waals surface area contributed by atoms with Crippen LogP contribution in [0.15, 0.2) is 42.9 Å². The highest BCUT2D eigenvalue weighted by atomic mass is 16.6. The van der Waals surface area contributed by atoms with Crippen molar-refractivity contribution in [2.24, 2.45) is 0 Å². The molecular weight excluding hydrogens is 442 g/mol. The molecular formula is C22H21N7O5. The van der Waals surface area contributed by atoms with Crippen LogP contribution in [-0.2, 0) is 4.79 Å². The number of hydrogen-bond donors (Lipinski definition) is 0. The van der Waals surface area contributed by atoms with Gasteiger partial charge in [0.25, 0.3) is 5.69 Å². The van der Waals surface area contributed by atoms with Crippen LogP contribution < -0.4 is 9.64 Å². The van der Waals surface area contributed by atoms with E-state index in [1.807, 2.05) is 18.0 Å². The van der Waals surface area contributed by atoms with Gasteiger partial charge in [-0.2, -0.15) is 5.26 Å². The second-order valence-corrected chi connectivity index (χ2v) is 7.82. The smallest absolute Gasteiger partial charge is 0.410 e. The number of likely N-dealkylation sites (N-methyl/N-ethyl adjacent to an activating group) is 1. The van der Waals surface area contributed by atoms with Crippen molar-refractivity contribution in [1.29, 1.82) is 5.26 Å². The van der Waals surface area contributed by atoms with Gasteiger partial charge in [-0.25, -0.2) is 19.3 Å². The molecule has 1 aliphatic heterocycles. The standard InChI is InChI=1S/C22H21N7O5/c1-26(16-3-2-11-27(13-16)19(30)8-10-23)20-18-9-12-28(21(18)25-14-24-20)22(31)34-17-6-4-15(5-7-17)29(32)33/h4-7,9,12,14,16H,2-3,8,11,13H2,1H3/t16-/m1/s1. The molecule has 0 bridgehead atoms. The highest BCUT2D eigenvalue weighted by molar-refractivity contribution is 5.94. The maximum Gasteiger partial charge on any atom is 0.425 e. The fourth-order valence-electron chi connectivity index (χ4n) is 4.00. The van der Waals surface area contributed by atoms with Crippen molar-refractivity contribution in [3.8, 4) is 11.8 Å². The summed E-state index contributed by atoms with van der Waals surface area (Å²) in [5.74, 6) is 0.577. The molecule has 1 aliphatic rings. The Morgan fingerprint density at radius 3 is 2.76 bits per heavy atom. The Hall–Kier alpha value is -4.53. The third-order valence-electron chi connectivity index (χ3n) is 5.77. The quantitative estimate of drug-likeness (QED) is 0.411. The second-order valence-electron chi connectivity index (χ2n) is 7.82. The Morgan fingerprint density at radius 1 is 1.29 bits per heavy atom. The van der Waals surface area contributed by atoms with Crippen molar-refractivity contribution < 1.29 is 19.2 Å². The summed E-state index contributed by atoms with van der Waals surface area (Å²) >= 11 is 0. The maximum atomic E-state index is 12.7. The highest BCUT2D eigenvalue weighted by Crippen LogP contribution is 2.28. The number of non-ortho nitro benzene ring substituents is 1.